The minimum absolute atomic E-state index is 0.00450. The number of halogens is 1. The van der Waals surface area contributed by atoms with Gasteiger partial charge in [0.05, 0.1) is 15.5 Å². The van der Waals surface area contributed by atoms with Crippen molar-refractivity contribution < 1.29 is 9.72 Å². The Kier molecular flexibility index (Phi) is 6.38. The lowest BCUT2D eigenvalue weighted by Gasteiger charge is -2.03. The van der Waals surface area contributed by atoms with Crippen molar-refractivity contribution >= 4 is 51.4 Å². The number of nitrogens with zero attached hydrogens (tertiary/aromatic N) is 3. The monoisotopic (exact) mass is 420 g/mol. The predicted octanol–water partition coefficient (Wildman–Crippen LogP) is 4.79. The number of carbonyl (C=O) groups excluding carboxylic acids is 1. The second-order valence-corrected chi connectivity index (χ2v) is 7.81. The molecule has 0 unspecified atom stereocenters. The third-order valence-electron chi connectivity index (χ3n) is 3.43. The van der Waals surface area contributed by atoms with E-state index in [9.17, 15) is 14.9 Å². The minimum atomic E-state index is -0.572. The lowest BCUT2D eigenvalue weighted by Crippen LogP contribution is -2.12. The van der Waals surface area contributed by atoms with Crippen LogP contribution in [0.4, 0.5) is 10.8 Å². The molecular weight excluding hydrogens is 408 g/mol. The Morgan fingerprint density at radius 2 is 1.96 bits per heavy atom. The number of nitro benzene ring substituents is 1. The second-order valence-electron chi connectivity index (χ2n) is 5.35. The Hall–Kier alpha value is -2.49. The van der Waals surface area contributed by atoms with Crippen LogP contribution in [0.2, 0.25) is 5.02 Å². The summed E-state index contributed by atoms with van der Waals surface area (Å²) in [5.41, 5.74) is 1.19. The molecule has 0 aliphatic rings. The predicted molar refractivity (Wildman–Crippen MR) is 107 cm³/mol. The normalized spacial score (nSPS) is 10.6. The van der Waals surface area contributed by atoms with Gasteiger partial charge in [0.25, 0.3) is 11.6 Å². The number of nitro groups is 1. The van der Waals surface area contributed by atoms with Crippen LogP contribution in [0.3, 0.4) is 0 Å². The number of hydrogen-bond acceptors (Lipinski definition) is 7. The van der Waals surface area contributed by atoms with Gasteiger partial charge in [-0.15, -0.1) is 22.0 Å². The first kappa shape index (κ1) is 19.3. The number of anilines is 1. The van der Waals surface area contributed by atoms with E-state index < -0.39 is 10.8 Å². The standard InChI is InChI=1S/C17H13ClN4O3S2/c18-14-8-12(22(24)25)6-7-13(14)16(23)19-17-21-20-15(27-17)10-26-9-11-4-2-1-3-5-11/h1-8H,9-10H2,(H,19,21,23). The highest BCUT2D eigenvalue weighted by molar-refractivity contribution is 7.97. The highest BCUT2D eigenvalue weighted by Gasteiger charge is 2.16. The summed E-state index contributed by atoms with van der Waals surface area (Å²) in [6, 6.07) is 13.8. The van der Waals surface area contributed by atoms with Crippen LogP contribution in [0.25, 0.3) is 0 Å². The number of carbonyl (C=O) groups is 1. The molecule has 0 fully saturated rings. The fourth-order valence-electron chi connectivity index (χ4n) is 2.16. The third-order valence-corrected chi connectivity index (χ3v) is 5.78. The van der Waals surface area contributed by atoms with Crippen molar-refractivity contribution in [1.29, 1.82) is 0 Å². The number of non-ortho nitro benzene ring substituents is 1. The van der Waals surface area contributed by atoms with Gasteiger partial charge in [-0.25, -0.2) is 0 Å². The van der Waals surface area contributed by atoms with E-state index in [0.29, 0.717) is 10.9 Å². The summed E-state index contributed by atoms with van der Waals surface area (Å²) in [5.74, 6) is 1.05. The van der Waals surface area contributed by atoms with E-state index in [4.69, 9.17) is 11.6 Å². The van der Waals surface area contributed by atoms with Gasteiger partial charge in [0.1, 0.15) is 5.01 Å². The van der Waals surface area contributed by atoms with Gasteiger partial charge in [0.15, 0.2) is 0 Å². The van der Waals surface area contributed by atoms with Crippen LogP contribution in [0.15, 0.2) is 48.5 Å². The van der Waals surface area contributed by atoms with Crippen molar-refractivity contribution in [3.05, 3.63) is 79.8 Å². The molecule has 0 saturated carbocycles. The molecule has 0 aliphatic carbocycles. The summed E-state index contributed by atoms with van der Waals surface area (Å²) in [5, 5.41) is 22.5. The van der Waals surface area contributed by atoms with E-state index in [1.54, 1.807) is 11.8 Å². The number of hydrogen-bond donors (Lipinski definition) is 1. The van der Waals surface area contributed by atoms with E-state index in [1.165, 1.54) is 29.0 Å². The molecule has 7 nitrogen and oxygen atoms in total. The molecule has 3 aromatic rings. The fraction of sp³-hybridized carbons (Fsp3) is 0.118. The van der Waals surface area contributed by atoms with E-state index in [-0.39, 0.29) is 16.3 Å². The zero-order valence-electron chi connectivity index (χ0n) is 13.8. The maximum absolute atomic E-state index is 12.3. The smallest absolute Gasteiger partial charge is 0.270 e. The first-order valence-corrected chi connectivity index (χ1v) is 10.1. The molecule has 0 spiro atoms. The number of nitrogens with one attached hydrogen (secondary N) is 1. The zero-order valence-corrected chi connectivity index (χ0v) is 16.2. The summed E-state index contributed by atoms with van der Waals surface area (Å²) in [4.78, 5) is 22.5. The van der Waals surface area contributed by atoms with Crippen molar-refractivity contribution in [3.63, 3.8) is 0 Å². The van der Waals surface area contributed by atoms with Gasteiger partial charge in [0, 0.05) is 23.6 Å². The highest BCUT2D eigenvalue weighted by atomic mass is 35.5. The third kappa shape index (κ3) is 5.25. The highest BCUT2D eigenvalue weighted by Crippen LogP contribution is 2.26. The molecule has 3 rings (SSSR count). The van der Waals surface area contributed by atoms with Crippen LogP contribution in [-0.4, -0.2) is 21.0 Å². The number of thioether (sulfide) groups is 1. The van der Waals surface area contributed by atoms with Gasteiger partial charge in [-0.05, 0) is 11.6 Å². The first-order chi connectivity index (χ1) is 13.0. The topological polar surface area (TPSA) is 98.0 Å². The summed E-state index contributed by atoms with van der Waals surface area (Å²) < 4.78 is 0. The quantitative estimate of drug-likeness (QED) is 0.436. The molecule has 1 amide bonds. The molecule has 1 N–H and O–H groups in total. The lowest BCUT2D eigenvalue weighted by atomic mass is 10.2. The summed E-state index contributed by atoms with van der Waals surface area (Å²) in [6.45, 7) is 0. The van der Waals surface area contributed by atoms with Crippen LogP contribution in [0, 0.1) is 10.1 Å². The SMILES string of the molecule is O=C(Nc1nnc(CSCc2ccccc2)s1)c1ccc([N+](=O)[O-])cc1Cl. The number of amides is 1. The van der Waals surface area contributed by atoms with Gasteiger partial charge >= 0.3 is 0 Å². The van der Waals surface area contributed by atoms with Crippen molar-refractivity contribution in [1.82, 2.24) is 10.2 Å². The Balaban J connectivity index is 1.57. The molecular formula is C17H13ClN4O3S2. The zero-order chi connectivity index (χ0) is 19.2. The van der Waals surface area contributed by atoms with Crippen LogP contribution in [0.5, 0.6) is 0 Å². The van der Waals surface area contributed by atoms with Gasteiger partial charge in [-0.3, -0.25) is 20.2 Å². The van der Waals surface area contributed by atoms with Gasteiger partial charge in [0.2, 0.25) is 5.13 Å². The van der Waals surface area contributed by atoms with E-state index in [2.05, 4.69) is 27.6 Å². The minimum Gasteiger partial charge on any atom is -0.296 e. The molecule has 0 saturated heterocycles. The van der Waals surface area contributed by atoms with Gasteiger partial charge < -0.3 is 0 Å². The number of aromatic nitrogens is 2. The van der Waals surface area contributed by atoms with Crippen molar-refractivity contribution in [2.45, 2.75) is 11.5 Å². The Morgan fingerprint density at radius 1 is 1.19 bits per heavy atom. The molecule has 0 bridgehead atoms. The average Bonchev–Trinajstić information content (AvgIpc) is 3.09. The largest absolute Gasteiger partial charge is 0.296 e. The summed E-state index contributed by atoms with van der Waals surface area (Å²) >= 11 is 8.95. The summed E-state index contributed by atoms with van der Waals surface area (Å²) in [7, 11) is 0. The molecule has 10 heteroatoms. The van der Waals surface area contributed by atoms with E-state index in [1.807, 2.05) is 18.2 Å². The molecule has 0 aliphatic heterocycles. The molecule has 0 atom stereocenters. The Bertz CT molecular complexity index is 966. The van der Waals surface area contributed by atoms with Crippen molar-refractivity contribution in [2.24, 2.45) is 0 Å². The maximum Gasteiger partial charge on any atom is 0.270 e. The average molecular weight is 421 g/mol. The van der Waals surface area contributed by atoms with E-state index in [0.717, 1.165) is 16.8 Å². The Labute approximate surface area is 167 Å². The molecule has 2 aromatic carbocycles. The van der Waals surface area contributed by atoms with E-state index >= 15 is 0 Å². The molecule has 138 valence electrons. The molecule has 0 radical (unpaired) electrons. The lowest BCUT2D eigenvalue weighted by molar-refractivity contribution is -0.384. The molecule has 27 heavy (non-hydrogen) atoms. The maximum atomic E-state index is 12.3. The second kappa shape index (κ2) is 8.94. The van der Waals surface area contributed by atoms with Gasteiger partial charge in [-0.1, -0.05) is 53.3 Å². The van der Waals surface area contributed by atoms with Crippen LogP contribution in [0.1, 0.15) is 20.9 Å². The number of benzene rings is 2. The Morgan fingerprint density at radius 3 is 2.67 bits per heavy atom. The fourth-order valence-corrected chi connectivity index (χ4v) is 4.20. The van der Waals surface area contributed by atoms with Crippen molar-refractivity contribution in [2.75, 3.05) is 5.32 Å². The summed E-state index contributed by atoms with van der Waals surface area (Å²) in [6.07, 6.45) is 0. The van der Waals surface area contributed by atoms with Gasteiger partial charge in [-0.2, -0.15) is 0 Å². The molecule has 1 heterocycles. The molecule has 1 aromatic heterocycles. The van der Waals surface area contributed by atoms with Crippen LogP contribution < -0.4 is 5.32 Å². The van der Waals surface area contributed by atoms with Crippen LogP contribution >= 0.6 is 34.7 Å². The number of rotatable bonds is 7. The van der Waals surface area contributed by atoms with Crippen LogP contribution in [-0.2, 0) is 11.5 Å². The van der Waals surface area contributed by atoms with Crippen molar-refractivity contribution in [3.8, 4) is 0 Å². The first-order valence-electron chi connectivity index (χ1n) is 7.72.